The van der Waals surface area contributed by atoms with Crippen molar-refractivity contribution in [1.82, 2.24) is 4.90 Å². The van der Waals surface area contributed by atoms with Crippen molar-refractivity contribution in [2.45, 2.75) is 6.10 Å². The fraction of sp³-hybridized carbons (Fsp3) is 0.368. The Hall–Kier alpha value is -1.66. The average molecular weight is 397 g/mol. The zero-order valence-electron chi connectivity index (χ0n) is 14.3. The van der Waals surface area contributed by atoms with E-state index in [4.69, 9.17) is 27.9 Å². The average Bonchev–Trinajstić information content (AvgIpc) is 2.64. The first-order valence-corrected chi connectivity index (χ1v) is 9.29. The van der Waals surface area contributed by atoms with Crippen LogP contribution in [0, 0.1) is 0 Å². The van der Waals surface area contributed by atoms with Crippen molar-refractivity contribution in [3.8, 4) is 11.5 Å². The molecule has 0 aliphatic carbocycles. The van der Waals surface area contributed by atoms with Crippen molar-refractivity contribution in [2.75, 3.05) is 44.2 Å². The van der Waals surface area contributed by atoms with Gasteiger partial charge in [-0.25, -0.2) is 0 Å². The third-order valence-corrected chi connectivity index (χ3v) is 5.13. The molecule has 2 aromatic rings. The third-order valence-electron chi connectivity index (χ3n) is 4.39. The summed E-state index contributed by atoms with van der Waals surface area (Å²) in [6, 6.07) is 12.2. The first-order valence-electron chi connectivity index (χ1n) is 8.53. The Morgan fingerprint density at radius 2 is 1.65 bits per heavy atom. The van der Waals surface area contributed by atoms with Gasteiger partial charge in [-0.2, -0.15) is 0 Å². The number of hydrogen-bond acceptors (Lipinski definition) is 5. The number of piperazine rings is 1. The Morgan fingerprint density at radius 1 is 0.962 bits per heavy atom. The van der Waals surface area contributed by atoms with Gasteiger partial charge in [0.1, 0.15) is 24.2 Å². The molecule has 1 aliphatic heterocycles. The second-order valence-electron chi connectivity index (χ2n) is 6.34. The molecule has 0 aromatic heterocycles. The number of aromatic hydroxyl groups is 1. The summed E-state index contributed by atoms with van der Waals surface area (Å²) >= 11 is 12.1. The van der Waals surface area contributed by atoms with Crippen LogP contribution in [0.4, 0.5) is 5.69 Å². The molecule has 7 heteroatoms. The second-order valence-corrected chi connectivity index (χ2v) is 7.16. The molecule has 5 nitrogen and oxygen atoms in total. The predicted molar refractivity (Wildman–Crippen MR) is 105 cm³/mol. The number of β-amino-alcohol motifs (C(OH)–C–C–N with tert-alkyl or cyclic N) is 1. The quantitative estimate of drug-likeness (QED) is 0.784. The molecule has 1 aliphatic rings. The number of ether oxygens (including phenoxy) is 1. The third kappa shape index (κ3) is 5.17. The van der Waals surface area contributed by atoms with Gasteiger partial charge in [0.2, 0.25) is 0 Å². The van der Waals surface area contributed by atoms with Crippen LogP contribution < -0.4 is 9.64 Å². The monoisotopic (exact) mass is 396 g/mol. The minimum atomic E-state index is -0.569. The molecule has 140 valence electrons. The number of benzene rings is 2. The van der Waals surface area contributed by atoms with Crippen molar-refractivity contribution >= 4 is 28.9 Å². The van der Waals surface area contributed by atoms with Gasteiger partial charge < -0.3 is 19.8 Å². The molecule has 1 saturated heterocycles. The molecule has 3 rings (SSSR count). The van der Waals surface area contributed by atoms with Gasteiger partial charge in [0.25, 0.3) is 0 Å². The van der Waals surface area contributed by atoms with Crippen molar-refractivity contribution < 1.29 is 14.9 Å². The number of nitrogens with zero attached hydrogens (tertiary/aromatic N) is 2. The number of phenols is 1. The van der Waals surface area contributed by atoms with Gasteiger partial charge in [-0.05, 0) is 42.5 Å². The van der Waals surface area contributed by atoms with E-state index < -0.39 is 6.10 Å². The molecule has 26 heavy (non-hydrogen) atoms. The summed E-state index contributed by atoms with van der Waals surface area (Å²) < 4.78 is 5.55. The maximum atomic E-state index is 10.2. The Kier molecular flexibility index (Phi) is 6.48. The van der Waals surface area contributed by atoms with Crippen LogP contribution in [0.3, 0.4) is 0 Å². The Balaban J connectivity index is 1.43. The highest BCUT2D eigenvalue weighted by Crippen LogP contribution is 2.27. The molecule has 1 heterocycles. The molecule has 1 unspecified atom stereocenters. The number of hydrogen-bond donors (Lipinski definition) is 2. The standard InChI is InChI=1S/C19H22Cl2N2O3/c20-18-6-1-14(11-19(18)21)23-9-7-22(8-10-23)12-16(25)13-26-17-4-2-15(24)3-5-17/h1-6,11,16,24-25H,7-10,12-13H2. The van der Waals surface area contributed by atoms with Crippen LogP contribution in [-0.2, 0) is 0 Å². The maximum absolute atomic E-state index is 10.2. The number of aliphatic hydroxyl groups is 1. The van der Waals surface area contributed by atoms with Crippen molar-refractivity contribution in [3.05, 3.63) is 52.5 Å². The van der Waals surface area contributed by atoms with Crippen LogP contribution >= 0.6 is 23.2 Å². The number of anilines is 1. The summed E-state index contributed by atoms with van der Waals surface area (Å²) in [5, 5.41) is 20.6. The lowest BCUT2D eigenvalue weighted by atomic mass is 10.2. The Bertz CT molecular complexity index is 719. The molecule has 0 radical (unpaired) electrons. The molecule has 0 saturated carbocycles. The van der Waals surface area contributed by atoms with Crippen LogP contribution in [0.15, 0.2) is 42.5 Å². The van der Waals surface area contributed by atoms with Crippen molar-refractivity contribution in [2.24, 2.45) is 0 Å². The van der Waals surface area contributed by atoms with Gasteiger partial charge in [-0.1, -0.05) is 23.2 Å². The number of halogens is 2. The van der Waals surface area contributed by atoms with E-state index in [1.54, 1.807) is 24.3 Å². The normalized spacial score (nSPS) is 16.5. The van der Waals surface area contributed by atoms with Gasteiger partial charge in [0, 0.05) is 38.4 Å². The van der Waals surface area contributed by atoms with Crippen LogP contribution in [0.5, 0.6) is 11.5 Å². The van der Waals surface area contributed by atoms with Gasteiger partial charge in [-0.3, -0.25) is 4.90 Å². The van der Waals surface area contributed by atoms with E-state index in [2.05, 4.69) is 9.80 Å². The maximum Gasteiger partial charge on any atom is 0.119 e. The number of aliphatic hydroxyl groups excluding tert-OH is 1. The molecule has 0 spiro atoms. The van der Waals surface area contributed by atoms with Crippen LogP contribution in [0.1, 0.15) is 0 Å². The lowest BCUT2D eigenvalue weighted by Gasteiger charge is -2.37. The van der Waals surface area contributed by atoms with Crippen molar-refractivity contribution in [1.29, 1.82) is 0 Å². The minimum absolute atomic E-state index is 0.192. The number of rotatable bonds is 6. The number of phenolic OH excluding ortho intramolecular Hbond substituents is 1. The Labute approximate surface area is 163 Å². The summed E-state index contributed by atoms with van der Waals surface area (Å²) in [7, 11) is 0. The van der Waals surface area contributed by atoms with E-state index in [9.17, 15) is 10.2 Å². The molecule has 0 bridgehead atoms. The van der Waals surface area contributed by atoms with Gasteiger partial charge in [-0.15, -0.1) is 0 Å². The van der Waals surface area contributed by atoms with Crippen molar-refractivity contribution in [3.63, 3.8) is 0 Å². The highest BCUT2D eigenvalue weighted by Gasteiger charge is 2.20. The Morgan fingerprint density at radius 3 is 2.31 bits per heavy atom. The summed E-state index contributed by atoms with van der Waals surface area (Å²) in [5.41, 5.74) is 1.07. The fourth-order valence-electron chi connectivity index (χ4n) is 2.96. The van der Waals surface area contributed by atoms with E-state index in [1.807, 2.05) is 18.2 Å². The molecule has 1 fully saturated rings. The zero-order chi connectivity index (χ0) is 18.5. The first-order chi connectivity index (χ1) is 12.5. The van der Waals surface area contributed by atoms with Gasteiger partial charge >= 0.3 is 0 Å². The lowest BCUT2D eigenvalue weighted by molar-refractivity contribution is 0.0663. The van der Waals surface area contributed by atoms with E-state index in [0.717, 1.165) is 31.9 Å². The van der Waals surface area contributed by atoms with Crippen LogP contribution in [-0.4, -0.2) is 60.5 Å². The summed E-state index contributed by atoms with van der Waals surface area (Å²) in [4.78, 5) is 4.48. The predicted octanol–water partition coefficient (Wildman–Crippen LogP) is 3.26. The topological polar surface area (TPSA) is 56.2 Å². The molecule has 1 atom stereocenters. The largest absolute Gasteiger partial charge is 0.508 e. The second kappa shape index (κ2) is 8.82. The fourth-order valence-corrected chi connectivity index (χ4v) is 3.25. The molecule has 2 aromatic carbocycles. The van der Waals surface area contributed by atoms with Crippen LogP contribution in [0.2, 0.25) is 10.0 Å². The van der Waals surface area contributed by atoms with Gasteiger partial charge in [0.05, 0.1) is 10.0 Å². The van der Waals surface area contributed by atoms with E-state index in [-0.39, 0.29) is 12.4 Å². The highest BCUT2D eigenvalue weighted by molar-refractivity contribution is 6.42. The lowest BCUT2D eigenvalue weighted by Crippen LogP contribution is -2.49. The molecular weight excluding hydrogens is 375 g/mol. The molecule has 0 amide bonds. The summed E-state index contributed by atoms with van der Waals surface area (Å²) in [6.07, 6.45) is -0.569. The molecular formula is C19H22Cl2N2O3. The first kappa shape index (κ1) is 19.1. The minimum Gasteiger partial charge on any atom is -0.508 e. The highest BCUT2D eigenvalue weighted by atomic mass is 35.5. The van der Waals surface area contributed by atoms with E-state index in [0.29, 0.717) is 22.3 Å². The van der Waals surface area contributed by atoms with Gasteiger partial charge in [0.15, 0.2) is 0 Å². The zero-order valence-corrected chi connectivity index (χ0v) is 15.8. The summed E-state index contributed by atoms with van der Waals surface area (Å²) in [5.74, 6) is 0.823. The smallest absolute Gasteiger partial charge is 0.119 e. The van der Waals surface area contributed by atoms with Crippen LogP contribution in [0.25, 0.3) is 0 Å². The van der Waals surface area contributed by atoms with E-state index in [1.165, 1.54) is 0 Å². The van der Waals surface area contributed by atoms with E-state index >= 15 is 0 Å². The summed E-state index contributed by atoms with van der Waals surface area (Å²) in [6.45, 7) is 4.23. The molecule has 2 N–H and O–H groups in total. The SMILES string of the molecule is Oc1ccc(OCC(O)CN2CCN(c3ccc(Cl)c(Cl)c3)CC2)cc1.